The van der Waals surface area contributed by atoms with Crippen LogP contribution in [-0.2, 0) is 4.74 Å². The molecule has 0 saturated carbocycles. The number of nitrogens with zero attached hydrogens (tertiary/aromatic N) is 2. The van der Waals surface area contributed by atoms with E-state index in [2.05, 4.69) is 0 Å². The van der Waals surface area contributed by atoms with E-state index in [-0.39, 0.29) is 5.76 Å². The summed E-state index contributed by atoms with van der Waals surface area (Å²) in [6.07, 6.45) is 0. The van der Waals surface area contributed by atoms with Crippen molar-refractivity contribution >= 4 is 17.5 Å². The second-order valence-corrected chi connectivity index (χ2v) is 3.38. The molecule has 14 heavy (non-hydrogen) atoms. The smallest absolute Gasteiger partial charge is 0.216 e. The molecule has 1 aromatic rings. The molecule has 4 nitrogen and oxygen atoms in total. The van der Waals surface area contributed by atoms with Gasteiger partial charge in [-0.25, -0.2) is 0 Å². The lowest BCUT2D eigenvalue weighted by atomic mass is 10.4. The van der Waals surface area contributed by atoms with Crippen molar-refractivity contribution in [2.24, 2.45) is 0 Å². The lowest BCUT2D eigenvalue weighted by Crippen LogP contribution is -2.36. The van der Waals surface area contributed by atoms with Crippen LogP contribution in [0, 0.1) is 11.3 Å². The Hall–Kier alpha value is -1.18. The van der Waals surface area contributed by atoms with E-state index in [0.717, 1.165) is 13.1 Å². The summed E-state index contributed by atoms with van der Waals surface area (Å²) in [5.41, 5.74) is 0. The van der Waals surface area contributed by atoms with Gasteiger partial charge in [0.1, 0.15) is 11.1 Å². The van der Waals surface area contributed by atoms with Crippen LogP contribution < -0.4 is 4.90 Å². The molecule has 0 amide bonds. The van der Waals surface area contributed by atoms with E-state index in [9.17, 15) is 0 Å². The van der Waals surface area contributed by atoms with E-state index in [1.54, 1.807) is 0 Å². The lowest BCUT2D eigenvalue weighted by Gasteiger charge is -2.26. The Labute approximate surface area is 86.6 Å². The van der Waals surface area contributed by atoms with Gasteiger partial charge in [-0.1, -0.05) is 11.6 Å². The van der Waals surface area contributed by atoms with Crippen LogP contribution in [0.3, 0.4) is 0 Å². The number of hydrogen-bond acceptors (Lipinski definition) is 4. The zero-order valence-corrected chi connectivity index (χ0v) is 8.25. The topological polar surface area (TPSA) is 49.4 Å². The van der Waals surface area contributed by atoms with Crippen LogP contribution in [0.15, 0.2) is 10.5 Å². The van der Waals surface area contributed by atoms with Crippen molar-refractivity contribution < 1.29 is 9.15 Å². The first-order valence-electron chi connectivity index (χ1n) is 4.33. The molecule has 5 heteroatoms. The average Bonchev–Trinajstić information content (AvgIpc) is 2.61. The van der Waals surface area contributed by atoms with E-state index in [0.29, 0.717) is 24.1 Å². The molecule has 2 rings (SSSR count). The molecule has 0 bridgehead atoms. The first-order chi connectivity index (χ1) is 6.81. The Kier molecular flexibility index (Phi) is 2.62. The molecule has 2 heterocycles. The molecule has 0 aromatic carbocycles. The molecule has 1 aliphatic rings. The number of hydrogen-bond donors (Lipinski definition) is 0. The summed E-state index contributed by atoms with van der Waals surface area (Å²) in [4.78, 5) is 1.98. The fourth-order valence-corrected chi connectivity index (χ4v) is 1.65. The highest BCUT2D eigenvalue weighted by Gasteiger charge is 2.18. The van der Waals surface area contributed by atoms with Crippen molar-refractivity contribution in [2.75, 3.05) is 31.2 Å². The molecule has 1 aromatic heterocycles. The van der Waals surface area contributed by atoms with Crippen molar-refractivity contribution in [1.29, 1.82) is 5.26 Å². The molecule has 0 N–H and O–H groups in total. The summed E-state index contributed by atoms with van der Waals surface area (Å²) in [5.74, 6) is 0.822. The Morgan fingerprint density at radius 1 is 1.43 bits per heavy atom. The molecule has 0 radical (unpaired) electrons. The Morgan fingerprint density at radius 2 is 2.14 bits per heavy atom. The summed E-state index contributed by atoms with van der Waals surface area (Å²) >= 11 is 5.93. The number of furan rings is 1. The average molecular weight is 213 g/mol. The summed E-state index contributed by atoms with van der Waals surface area (Å²) in [7, 11) is 0. The quantitative estimate of drug-likeness (QED) is 0.710. The van der Waals surface area contributed by atoms with E-state index < -0.39 is 0 Å². The Morgan fingerprint density at radius 3 is 2.71 bits per heavy atom. The Bertz CT molecular complexity index is 363. The van der Waals surface area contributed by atoms with Crippen LogP contribution in [0.25, 0.3) is 0 Å². The van der Waals surface area contributed by atoms with Gasteiger partial charge >= 0.3 is 0 Å². The Balaban J connectivity index is 2.22. The minimum atomic E-state index is 0.247. The van der Waals surface area contributed by atoms with E-state index >= 15 is 0 Å². The van der Waals surface area contributed by atoms with E-state index in [4.69, 9.17) is 26.0 Å². The minimum absolute atomic E-state index is 0.247. The first kappa shape index (κ1) is 9.38. The van der Waals surface area contributed by atoms with Crippen LogP contribution in [0.5, 0.6) is 0 Å². The number of rotatable bonds is 1. The zero-order valence-electron chi connectivity index (χ0n) is 7.49. The predicted octanol–water partition coefficient (Wildman–Crippen LogP) is 1.64. The summed E-state index contributed by atoms with van der Waals surface area (Å²) in [6.45, 7) is 2.83. The van der Waals surface area contributed by atoms with Gasteiger partial charge in [-0.15, -0.1) is 0 Å². The highest BCUT2D eigenvalue weighted by molar-refractivity contribution is 6.33. The first-order valence-corrected chi connectivity index (χ1v) is 4.71. The van der Waals surface area contributed by atoms with Crippen LogP contribution in [0.2, 0.25) is 5.02 Å². The summed E-state index contributed by atoms with van der Waals surface area (Å²) < 4.78 is 10.5. The predicted molar refractivity (Wildman–Crippen MR) is 51.5 cm³/mol. The summed E-state index contributed by atoms with van der Waals surface area (Å²) in [5, 5.41) is 9.12. The highest BCUT2D eigenvalue weighted by atomic mass is 35.5. The third kappa shape index (κ3) is 1.69. The molecule has 1 aliphatic heterocycles. The van der Waals surface area contributed by atoms with E-state index in [1.165, 1.54) is 6.07 Å². The van der Waals surface area contributed by atoms with Gasteiger partial charge in [0.05, 0.1) is 13.2 Å². The number of halogens is 1. The van der Waals surface area contributed by atoms with Gasteiger partial charge in [0, 0.05) is 19.2 Å². The molecule has 0 spiro atoms. The van der Waals surface area contributed by atoms with Gasteiger partial charge in [-0.05, 0) is 0 Å². The van der Waals surface area contributed by atoms with Crippen molar-refractivity contribution in [2.45, 2.75) is 0 Å². The van der Waals surface area contributed by atoms with Gasteiger partial charge in [0.15, 0.2) is 0 Å². The van der Waals surface area contributed by atoms with Gasteiger partial charge in [-0.2, -0.15) is 5.26 Å². The van der Waals surface area contributed by atoms with Gasteiger partial charge < -0.3 is 14.1 Å². The van der Waals surface area contributed by atoms with E-state index in [1.807, 2.05) is 11.0 Å². The third-order valence-electron chi connectivity index (χ3n) is 2.08. The number of morpholine rings is 1. The molecule has 74 valence electrons. The fraction of sp³-hybridized carbons (Fsp3) is 0.444. The molecule has 0 aliphatic carbocycles. The fourth-order valence-electron chi connectivity index (χ4n) is 1.40. The monoisotopic (exact) mass is 212 g/mol. The van der Waals surface area contributed by atoms with Crippen molar-refractivity contribution in [3.05, 3.63) is 16.8 Å². The minimum Gasteiger partial charge on any atom is -0.428 e. The number of anilines is 1. The van der Waals surface area contributed by atoms with Gasteiger partial charge in [-0.3, -0.25) is 0 Å². The molecular formula is C9H9ClN2O2. The van der Waals surface area contributed by atoms with Gasteiger partial charge in [0.2, 0.25) is 11.6 Å². The standard InChI is InChI=1S/C9H9ClN2O2/c10-8-5-7(6-11)14-9(8)12-1-3-13-4-2-12/h5H,1-4H2. The third-order valence-corrected chi connectivity index (χ3v) is 2.35. The maximum Gasteiger partial charge on any atom is 0.216 e. The maximum absolute atomic E-state index is 8.63. The van der Waals surface area contributed by atoms with Crippen molar-refractivity contribution in [1.82, 2.24) is 0 Å². The second kappa shape index (κ2) is 3.91. The normalized spacial score (nSPS) is 16.7. The van der Waals surface area contributed by atoms with Crippen LogP contribution >= 0.6 is 11.6 Å². The highest BCUT2D eigenvalue weighted by Crippen LogP contribution is 2.29. The number of nitriles is 1. The lowest BCUT2D eigenvalue weighted by molar-refractivity contribution is 0.120. The van der Waals surface area contributed by atoms with Crippen LogP contribution in [0.1, 0.15) is 5.76 Å². The molecule has 1 saturated heterocycles. The molecular weight excluding hydrogens is 204 g/mol. The second-order valence-electron chi connectivity index (χ2n) is 2.97. The molecule has 1 fully saturated rings. The van der Waals surface area contributed by atoms with Crippen molar-refractivity contribution in [3.63, 3.8) is 0 Å². The zero-order chi connectivity index (χ0) is 9.97. The molecule has 0 unspecified atom stereocenters. The molecule has 0 atom stereocenters. The van der Waals surface area contributed by atoms with Crippen LogP contribution in [0.4, 0.5) is 5.88 Å². The maximum atomic E-state index is 8.63. The summed E-state index contributed by atoms with van der Waals surface area (Å²) in [6, 6.07) is 3.45. The SMILES string of the molecule is N#Cc1cc(Cl)c(N2CCOCC2)o1. The largest absolute Gasteiger partial charge is 0.428 e. The number of ether oxygens (including phenoxy) is 1. The van der Waals surface area contributed by atoms with Crippen LogP contribution in [-0.4, -0.2) is 26.3 Å². The van der Waals surface area contributed by atoms with Crippen molar-refractivity contribution in [3.8, 4) is 6.07 Å². The van der Waals surface area contributed by atoms with Gasteiger partial charge in [0.25, 0.3) is 0 Å².